The molecule has 0 atom stereocenters. The molecule has 1 aliphatic rings. The summed E-state index contributed by atoms with van der Waals surface area (Å²) in [7, 11) is 0. The molecule has 2 N–H and O–H groups in total. The smallest absolute Gasteiger partial charge is 0.175 e. The highest BCUT2D eigenvalue weighted by Crippen LogP contribution is 2.32. The summed E-state index contributed by atoms with van der Waals surface area (Å²) in [6, 6.07) is 11.8. The molecule has 2 aromatic rings. The normalized spacial score (nSPS) is 12.6. The van der Waals surface area contributed by atoms with E-state index >= 15 is 0 Å². The van der Waals surface area contributed by atoms with Gasteiger partial charge >= 0.3 is 0 Å². The van der Waals surface area contributed by atoms with Gasteiger partial charge in [-0.3, -0.25) is 0 Å². The molecule has 1 aliphatic heterocycles. The fourth-order valence-corrected chi connectivity index (χ4v) is 2.20. The van der Waals surface area contributed by atoms with Crippen LogP contribution in [0.2, 0.25) is 0 Å². The molecule has 0 radical (unpaired) electrons. The number of ether oxygens (including phenoxy) is 2. The van der Waals surface area contributed by atoms with Gasteiger partial charge in [0, 0.05) is 11.8 Å². The maximum Gasteiger partial charge on any atom is 0.175 e. The van der Waals surface area contributed by atoms with E-state index in [0.29, 0.717) is 35.5 Å². The van der Waals surface area contributed by atoms with Crippen molar-refractivity contribution in [2.45, 2.75) is 0 Å². The van der Waals surface area contributed by atoms with Crippen LogP contribution in [0.15, 0.2) is 42.5 Å². The monoisotopic (exact) mass is 304 g/mol. The van der Waals surface area contributed by atoms with Gasteiger partial charge in [-0.25, -0.2) is 4.39 Å². The Labute approximate surface area is 126 Å². The van der Waals surface area contributed by atoms with Crippen LogP contribution in [0.3, 0.4) is 0 Å². The van der Waals surface area contributed by atoms with E-state index in [9.17, 15) is 4.39 Å². The standard InChI is InChI=1S/C15H13FN2O2S/c16-11-3-1-2-4-12(11)18-15(21)17-10-5-6-13-14(9-10)20-8-7-19-13/h1-6,9H,7-8H2,(H2,17,18,21). The maximum atomic E-state index is 13.5. The third kappa shape index (κ3) is 3.22. The molecule has 3 rings (SSSR count). The summed E-state index contributed by atoms with van der Waals surface area (Å²) in [5, 5.41) is 6.10. The van der Waals surface area contributed by atoms with Gasteiger partial charge in [-0.2, -0.15) is 0 Å². The molecule has 0 aromatic heterocycles. The first-order valence-electron chi connectivity index (χ1n) is 6.44. The molecule has 0 fully saturated rings. The summed E-state index contributed by atoms with van der Waals surface area (Å²) < 4.78 is 24.5. The van der Waals surface area contributed by atoms with Crippen molar-refractivity contribution in [2.75, 3.05) is 23.8 Å². The van der Waals surface area contributed by atoms with Crippen molar-refractivity contribution in [3.05, 3.63) is 48.3 Å². The number of anilines is 2. The minimum absolute atomic E-state index is 0.303. The zero-order valence-electron chi connectivity index (χ0n) is 11.1. The summed E-state index contributed by atoms with van der Waals surface area (Å²) in [4.78, 5) is 0. The van der Waals surface area contributed by atoms with E-state index in [-0.39, 0.29) is 5.82 Å². The summed E-state index contributed by atoms with van der Waals surface area (Å²) >= 11 is 5.17. The number of halogens is 1. The molecular weight excluding hydrogens is 291 g/mol. The molecule has 0 amide bonds. The number of fused-ring (bicyclic) bond motifs is 1. The Balaban J connectivity index is 1.69. The van der Waals surface area contributed by atoms with E-state index in [2.05, 4.69) is 10.6 Å². The number of benzene rings is 2. The summed E-state index contributed by atoms with van der Waals surface area (Å²) in [6.45, 7) is 1.07. The highest BCUT2D eigenvalue weighted by molar-refractivity contribution is 7.80. The molecule has 0 unspecified atom stereocenters. The van der Waals surface area contributed by atoms with E-state index < -0.39 is 0 Å². The average Bonchev–Trinajstić information content (AvgIpc) is 2.49. The Hall–Kier alpha value is -2.34. The highest BCUT2D eigenvalue weighted by atomic mass is 32.1. The van der Waals surface area contributed by atoms with Gasteiger partial charge in [-0.05, 0) is 36.5 Å². The fraction of sp³-hybridized carbons (Fsp3) is 0.133. The van der Waals surface area contributed by atoms with Crippen molar-refractivity contribution in [2.24, 2.45) is 0 Å². The van der Waals surface area contributed by atoms with Gasteiger partial charge in [0.05, 0.1) is 5.69 Å². The number of thiocarbonyl (C=S) groups is 1. The van der Waals surface area contributed by atoms with Gasteiger partial charge in [0.2, 0.25) is 0 Å². The van der Waals surface area contributed by atoms with Gasteiger partial charge in [0.15, 0.2) is 16.6 Å². The Morgan fingerprint density at radius 1 is 1.00 bits per heavy atom. The zero-order chi connectivity index (χ0) is 14.7. The van der Waals surface area contributed by atoms with Crippen molar-refractivity contribution in [1.82, 2.24) is 0 Å². The minimum Gasteiger partial charge on any atom is -0.486 e. The molecule has 108 valence electrons. The maximum absolute atomic E-state index is 13.5. The SMILES string of the molecule is Fc1ccccc1NC(=S)Nc1ccc2c(c1)OCCO2. The Kier molecular flexibility index (Phi) is 3.87. The predicted octanol–water partition coefficient (Wildman–Crippen LogP) is 3.41. The summed E-state index contributed by atoms with van der Waals surface area (Å²) in [6.07, 6.45) is 0. The first kappa shape index (κ1) is 13.6. The van der Waals surface area contributed by atoms with Crippen LogP contribution in [0.4, 0.5) is 15.8 Å². The van der Waals surface area contributed by atoms with E-state index in [1.165, 1.54) is 6.07 Å². The van der Waals surface area contributed by atoms with Crippen LogP contribution < -0.4 is 20.1 Å². The predicted molar refractivity (Wildman–Crippen MR) is 83.7 cm³/mol. The van der Waals surface area contributed by atoms with E-state index in [4.69, 9.17) is 21.7 Å². The lowest BCUT2D eigenvalue weighted by molar-refractivity contribution is 0.171. The van der Waals surface area contributed by atoms with E-state index in [1.807, 2.05) is 12.1 Å². The second-order valence-corrected chi connectivity index (χ2v) is 4.83. The molecule has 0 saturated carbocycles. The lowest BCUT2D eigenvalue weighted by Gasteiger charge is -2.19. The van der Waals surface area contributed by atoms with Crippen LogP contribution in [0.1, 0.15) is 0 Å². The molecule has 0 aliphatic carbocycles. The van der Waals surface area contributed by atoms with Crippen molar-refractivity contribution in [3.8, 4) is 11.5 Å². The Morgan fingerprint density at radius 2 is 1.76 bits per heavy atom. The number of hydrogen-bond acceptors (Lipinski definition) is 3. The highest BCUT2D eigenvalue weighted by Gasteiger charge is 2.12. The van der Waals surface area contributed by atoms with Gasteiger partial charge in [-0.1, -0.05) is 12.1 Å². The molecule has 0 saturated heterocycles. The second kappa shape index (κ2) is 5.97. The van der Waals surface area contributed by atoms with E-state index in [1.54, 1.807) is 24.3 Å². The Morgan fingerprint density at radius 3 is 2.57 bits per heavy atom. The van der Waals surface area contributed by atoms with Crippen molar-refractivity contribution >= 4 is 28.7 Å². The lowest BCUT2D eigenvalue weighted by atomic mass is 10.2. The number of nitrogens with one attached hydrogen (secondary N) is 2. The molecule has 6 heteroatoms. The molecule has 21 heavy (non-hydrogen) atoms. The van der Waals surface area contributed by atoms with Crippen LogP contribution in [0, 0.1) is 5.82 Å². The van der Waals surface area contributed by atoms with Crippen molar-refractivity contribution in [3.63, 3.8) is 0 Å². The van der Waals surface area contributed by atoms with E-state index in [0.717, 1.165) is 5.69 Å². The topological polar surface area (TPSA) is 42.5 Å². The second-order valence-electron chi connectivity index (χ2n) is 4.42. The summed E-state index contributed by atoms with van der Waals surface area (Å²) in [5.41, 5.74) is 1.07. The molecule has 0 bridgehead atoms. The van der Waals surface area contributed by atoms with Gasteiger partial charge < -0.3 is 20.1 Å². The lowest BCUT2D eigenvalue weighted by Crippen LogP contribution is -2.20. The van der Waals surface area contributed by atoms with Gasteiger partial charge in [-0.15, -0.1) is 0 Å². The van der Waals surface area contributed by atoms with Crippen LogP contribution in [0.5, 0.6) is 11.5 Å². The third-order valence-corrected chi connectivity index (χ3v) is 3.13. The molecule has 1 heterocycles. The molecule has 4 nitrogen and oxygen atoms in total. The van der Waals surface area contributed by atoms with Crippen molar-refractivity contribution < 1.29 is 13.9 Å². The number of para-hydroxylation sites is 1. The third-order valence-electron chi connectivity index (χ3n) is 2.92. The fourth-order valence-electron chi connectivity index (χ4n) is 1.97. The minimum atomic E-state index is -0.358. The molecule has 2 aromatic carbocycles. The van der Waals surface area contributed by atoms with Crippen LogP contribution in [0.25, 0.3) is 0 Å². The van der Waals surface area contributed by atoms with Crippen LogP contribution in [-0.4, -0.2) is 18.3 Å². The largest absolute Gasteiger partial charge is 0.486 e. The van der Waals surface area contributed by atoms with Gasteiger partial charge in [0.25, 0.3) is 0 Å². The average molecular weight is 304 g/mol. The zero-order valence-corrected chi connectivity index (χ0v) is 11.9. The quantitative estimate of drug-likeness (QED) is 0.832. The molecular formula is C15H13FN2O2S. The Bertz CT molecular complexity index is 678. The number of hydrogen-bond donors (Lipinski definition) is 2. The van der Waals surface area contributed by atoms with Gasteiger partial charge in [0.1, 0.15) is 19.0 Å². The van der Waals surface area contributed by atoms with Crippen LogP contribution in [-0.2, 0) is 0 Å². The first-order valence-corrected chi connectivity index (χ1v) is 6.85. The van der Waals surface area contributed by atoms with Crippen molar-refractivity contribution in [1.29, 1.82) is 0 Å². The van der Waals surface area contributed by atoms with Crippen LogP contribution >= 0.6 is 12.2 Å². The first-order chi connectivity index (χ1) is 10.2. The number of rotatable bonds is 2. The molecule has 0 spiro atoms. The summed E-state index contributed by atoms with van der Waals surface area (Å²) in [5.74, 6) is 1.02.